The predicted octanol–water partition coefficient (Wildman–Crippen LogP) is 24.6. The Labute approximate surface area is 595 Å². The first kappa shape index (κ1) is 63.2. The van der Waals surface area contributed by atoms with Crippen LogP contribution in [0.1, 0.15) is 106 Å². The van der Waals surface area contributed by atoms with Crippen molar-refractivity contribution in [3.05, 3.63) is 433 Å². The number of hydrogen-bond donors (Lipinski definition) is 0. The van der Waals surface area contributed by atoms with E-state index in [4.69, 9.17) is 0 Å². The fourth-order valence-electron chi connectivity index (χ4n) is 18.6. The topological polar surface area (TPSA) is 6.48 Å². The minimum absolute atomic E-state index is 0.336. The van der Waals surface area contributed by atoms with E-state index in [-0.39, 0.29) is 5.92 Å². The molecule has 0 N–H and O–H groups in total. The summed E-state index contributed by atoms with van der Waals surface area (Å²) >= 11 is 0. The number of anilines is 5. The van der Waals surface area contributed by atoms with Gasteiger partial charge in [-0.2, -0.15) is 0 Å². The lowest BCUT2D eigenvalue weighted by molar-refractivity contribution is 0.462. The van der Waals surface area contributed by atoms with E-state index in [2.05, 4.69) is 205 Å². The summed E-state index contributed by atoms with van der Waals surface area (Å²) in [7, 11) is 0. The number of halogens is 6. The fourth-order valence-corrected chi connectivity index (χ4v) is 18.6. The molecule has 0 fully saturated rings. The highest BCUT2D eigenvalue weighted by atomic mass is 19.2. The zero-order chi connectivity index (χ0) is 70.5. The molecule has 0 saturated carbocycles. The Morgan fingerprint density at radius 3 is 1.21 bits per heavy atom. The molecule has 5 atom stereocenters. The Kier molecular flexibility index (Phi) is 14.4. The molecule has 8 heteroatoms. The highest BCUT2D eigenvalue weighted by molar-refractivity contribution is 5.94. The Morgan fingerprint density at radius 1 is 0.350 bits per heavy atom. The summed E-state index contributed by atoms with van der Waals surface area (Å²) in [5.74, 6) is -7.43. The molecule has 18 rings (SSSR count). The first-order chi connectivity index (χ1) is 50.1. The van der Waals surface area contributed by atoms with Gasteiger partial charge < -0.3 is 9.80 Å². The maximum atomic E-state index is 17.5. The summed E-state index contributed by atoms with van der Waals surface area (Å²) in [4.78, 5) is 3.18. The molecule has 5 aliphatic carbocycles. The molecule has 0 bridgehead atoms. The van der Waals surface area contributed by atoms with Crippen molar-refractivity contribution in [3.8, 4) is 33.4 Å². The van der Waals surface area contributed by atoms with Gasteiger partial charge in [-0.05, 0) is 193 Å². The summed E-state index contributed by atoms with van der Waals surface area (Å²) in [6.45, 7) is 16.5. The molecule has 5 aliphatic rings. The molecular weight excluding hydrogens is 1280 g/mol. The molecule has 498 valence electrons. The number of hydrogen-bond acceptors (Lipinski definition) is 2. The van der Waals surface area contributed by atoms with Crippen LogP contribution in [0.15, 0.2) is 298 Å². The van der Waals surface area contributed by atoms with E-state index < -0.39 is 68.4 Å². The van der Waals surface area contributed by atoms with Crippen molar-refractivity contribution in [3.63, 3.8) is 0 Å². The smallest absolute Gasteiger partial charge is 0.153 e. The van der Waals surface area contributed by atoms with Gasteiger partial charge >= 0.3 is 0 Å². The Hall–Kier alpha value is -12.0. The number of rotatable bonds is 12. The van der Waals surface area contributed by atoms with Gasteiger partial charge in [0.05, 0.1) is 16.2 Å². The highest BCUT2D eigenvalue weighted by Crippen LogP contribution is 2.68. The van der Waals surface area contributed by atoms with E-state index >= 15 is 26.3 Å². The first-order valence-corrected chi connectivity index (χ1v) is 34.8. The fraction of sp³-hybridized carbons (Fsp3) is 0.0947. The summed E-state index contributed by atoms with van der Waals surface area (Å²) in [5, 5.41) is 0. The third-order valence-electron chi connectivity index (χ3n) is 22.8. The van der Waals surface area contributed by atoms with Crippen LogP contribution in [-0.4, -0.2) is 0 Å². The number of benzene rings is 13. The van der Waals surface area contributed by atoms with Crippen molar-refractivity contribution in [1.29, 1.82) is 0 Å². The molecule has 13 aromatic carbocycles. The third-order valence-corrected chi connectivity index (χ3v) is 22.8. The van der Waals surface area contributed by atoms with Gasteiger partial charge in [-0.25, -0.2) is 26.3 Å². The maximum absolute atomic E-state index is 17.5. The first-order valence-electron chi connectivity index (χ1n) is 34.8. The number of aryl methyl sites for hydroxylation is 4. The van der Waals surface area contributed by atoms with Crippen LogP contribution in [0, 0.1) is 68.5 Å². The van der Waals surface area contributed by atoms with Gasteiger partial charge in [0.25, 0.3) is 0 Å². The average molecular weight is 1350 g/mol. The van der Waals surface area contributed by atoms with Crippen LogP contribution >= 0.6 is 0 Å². The molecule has 0 aliphatic heterocycles. The summed E-state index contributed by atoms with van der Waals surface area (Å²) in [6.07, 6.45) is 9.78. The summed E-state index contributed by atoms with van der Waals surface area (Å²) in [5.41, 5.74) is 21.2. The maximum Gasteiger partial charge on any atom is 0.153 e. The lowest BCUT2D eigenvalue weighted by Crippen LogP contribution is -2.35. The van der Waals surface area contributed by atoms with Gasteiger partial charge in [-0.3, -0.25) is 0 Å². The monoisotopic (exact) mass is 1350 g/mol. The summed E-state index contributed by atoms with van der Waals surface area (Å²) in [6, 6.07) is 83.9. The Bertz CT molecular complexity index is 5820. The van der Waals surface area contributed by atoms with Crippen LogP contribution in [0.25, 0.3) is 45.5 Å². The number of fused-ring (bicyclic) bond motifs is 16. The second-order valence-corrected chi connectivity index (χ2v) is 28.1. The van der Waals surface area contributed by atoms with E-state index in [1.807, 2.05) is 103 Å². The minimum Gasteiger partial charge on any atom is -0.306 e. The van der Waals surface area contributed by atoms with Gasteiger partial charge in [-0.1, -0.05) is 249 Å². The summed E-state index contributed by atoms with van der Waals surface area (Å²) < 4.78 is 101. The molecular formula is C95H66F6N2. The molecule has 103 heavy (non-hydrogen) atoms. The molecule has 0 radical (unpaired) electrons. The van der Waals surface area contributed by atoms with Gasteiger partial charge in [0.15, 0.2) is 23.3 Å². The Morgan fingerprint density at radius 2 is 0.738 bits per heavy atom. The molecule has 5 unspecified atom stereocenters. The van der Waals surface area contributed by atoms with E-state index in [1.165, 1.54) is 0 Å². The van der Waals surface area contributed by atoms with Crippen molar-refractivity contribution in [2.24, 2.45) is 5.92 Å². The molecule has 0 aromatic heterocycles. The lowest BCUT2D eigenvalue weighted by atomic mass is 9.65. The quantitative estimate of drug-likeness (QED) is 0.113. The number of allylic oxidation sites excluding steroid dienone is 3. The molecule has 0 heterocycles. The molecule has 13 aromatic rings. The van der Waals surface area contributed by atoms with Crippen molar-refractivity contribution in [2.75, 3.05) is 9.80 Å². The van der Waals surface area contributed by atoms with Crippen LogP contribution in [0.5, 0.6) is 0 Å². The minimum atomic E-state index is -1.11. The zero-order valence-corrected chi connectivity index (χ0v) is 56.9. The SMILES string of the molecule is C=Cc1ccc(C2(c3cc(C)ccc3C)c3ccccc3-c3ccc(N(C4=CC5C(C=C4)c4ccccc4C54c5ccccc5-c5ccc(N(c6ccc7c(c6)C(c6ccc(C=C)cc6)(c6cc(C)ccc6C)c6ccccc6-7)c6c(F)cc(F)cc6F)cc54)c4c(F)cc(F)cc4F)cc32)cc1. The predicted molar refractivity (Wildman–Crippen MR) is 405 cm³/mol. The average Bonchev–Trinajstić information content (AvgIpc) is 1.50. The largest absolute Gasteiger partial charge is 0.306 e. The second kappa shape index (κ2) is 23.5. The van der Waals surface area contributed by atoms with Crippen LogP contribution < -0.4 is 9.80 Å². The van der Waals surface area contributed by atoms with Crippen molar-refractivity contribution >= 4 is 40.6 Å². The van der Waals surface area contributed by atoms with Crippen molar-refractivity contribution in [1.82, 2.24) is 0 Å². The van der Waals surface area contributed by atoms with Crippen LogP contribution in [-0.2, 0) is 16.2 Å². The van der Waals surface area contributed by atoms with Crippen LogP contribution in [0.2, 0.25) is 0 Å². The molecule has 0 saturated heterocycles. The van der Waals surface area contributed by atoms with Crippen LogP contribution in [0.4, 0.5) is 54.8 Å². The molecule has 1 spiro atoms. The van der Waals surface area contributed by atoms with Crippen molar-refractivity contribution < 1.29 is 26.3 Å². The van der Waals surface area contributed by atoms with E-state index in [1.54, 1.807) is 9.80 Å². The molecule has 2 nitrogen and oxygen atoms in total. The van der Waals surface area contributed by atoms with E-state index in [0.717, 1.165) is 158 Å². The zero-order valence-electron chi connectivity index (χ0n) is 56.9. The van der Waals surface area contributed by atoms with Gasteiger partial charge in [0, 0.05) is 58.9 Å². The van der Waals surface area contributed by atoms with E-state index in [9.17, 15) is 0 Å². The van der Waals surface area contributed by atoms with E-state index in [0.29, 0.717) is 22.8 Å². The van der Waals surface area contributed by atoms with Crippen molar-refractivity contribution in [2.45, 2.75) is 49.9 Å². The number of nitrogens with zero attached hydrogens (tertiary/aromatic N) is 2. The second-order valence-electron chi connectivity index (χ2n) is 28.1. The van der Waals surface area contributed by atoms with Gasteiger partial charge in [0.2, 0.25) is 0 Å². The van der Waals surface area contributed by atoms with Gasteiger partial charge in [0.1, 0.15) is 23.0 Å². The van der Waals surface area contributed by atoms with Crippen LogP contribution in [0.3, 0.4) is 0 Å². The third kappa shape index (κ3) is 9.02. The van der Waals surface area contributed by atoms with Gasteiger partial charge in [-0.15, -0.1) is 0 Å². The molecule has 0 amide bonds. The lowest BCUT2D eigenvalue weighted by Gasteiger charge is -2.39. The normalized spacial score (nSPS) is 18.8. The standard InChI is InChI=1S/C95H66F6N2/c1-7-59-29-33-61(34-30-59)93(81-45-55(3)25-27-57(81)5)77-21-13-9-17-69(77)73-41-37-65(51-83(73)93)102(91-87(98)47-63(96)48-88(91)99)67-39-43-75-71-19-11-15-23-79(71)95(85(75)53-67)80-24-16-12-20-72(80)76-44-40-68(54-86(76)95)103(92-89(100)49-64(97)50-90(92)101)66-38-42-74-70-18-10-14-22-78(70)94(84(74)52-66,62-35-31-60(8-2)32-36-62)82-46-56(4)26-28-58(82)6/h7-54,75,85H,1-2H2,3-6H3. The highest BCUT2D eigenvalue weighted by Gasteiger charge is 2.58. The Balaban J connectivity index is 0.872.